The molecule has 5 heteroatoms. The van der Waals surface area contributed by atoms with Gasteiger partial charge in [0.2, 0.25) is 0 Å². The predicted octanol–water partition coefficient (Wildman–Crippen LogP) is 4.90. The van der Waals surface area contributed by atoms with Gasteiger partial charge in [0.25, 0.3) is 5.91 Å². The number of aromatic nitrogens is 1. The van der Waals surface area contributed by atoms with E-state index < -0.39 is 0 Å². The van der Waals surface area contributed by atoms with Crippen LogP contribution in [0.15, 0.2) is 84.1 Å². The zero-order chi connectivity index (χ0) is 20.2. The molecule has 1 N–H and O–H groups in total. The highest BCUT2D eigenvalue weighted by Crippen LogP contribution is 2.21. The van der Waals surface area contributed by atoms with E-state index in [1.807, 2.05) is 55.6 Å². The van der Waals surface area contributed by atoms with Gasteiger partial charge in [0.1, 0.15) is 5.82 Å². The second-order valence-corrected chi connectivity index (χ2v) is 6.87. The third-order valence-corrected chi connectivity index (χ3v) is 4.85. The van der Waals surface area contributed by atoms with Crippen LogP contribution < -0.4 is 5.43 Å². The van der Waals surface area contributed by atoms with Gasteiger partial charge in [-0.2, -0.15) is 5.10 Å². The molecule has 29 heavy (non-hydrogen) atoms. The lowest BCUT2D eigenvalue weighted by Crippen LogP contribution is -2.18. The molecule has 144 valence electrons. The molecular weight excluding hydrogens is 365 g/mol. The lowest BCUT2D eigenvalue weighted by Gasteiger charge is -2.05. The number of hydrogen-bond donors (Lipinski definition) is 1. The van der Waals surface area contributed by atoms with E-state index in [9.17, 15) is 9.18 Å². The van der Waals surface area contributed by atoms with Crippen molar-refractivity contribution in [1.82, 2.24) is 9.99 Å². The Hall–Kier alpha value is -3.73. The Morgan fingerprint density at radius 1 is 1.03 bits per heavy atom. The molecule has 0 atom stereocenters. The first-order valence-electron chi connectivity index (χ1n) is 9.33. The van der Waals surface area contributed by atoms with Crippen molar-refractivity contribution >= 4 is 23.0 Å². The number of nitrogens with zero attached hydrogens (tertiary/aromatic N) is 2. The molecule has 1 aromatic heterocycles. The number of para-hydroxylation sites is 1. The highest BCUT2D eigenvalue weighted by atomic mass is 19.1. The van der Waals surface area contributed by atoms with Crippen LogP contribution in [0.5, 0.6) is 0 Å². The average molecular weight is 385 g/mol. The van der Waals surface area contributed by atoms with Gasteiger partial charge < -0.3 is 4.57 Å². The minimum Gasteiger partial charge on any atom is -0.342 e. The number of fused-ring (bicyclic) bond motifs is 1. The minimum absolute atomic E-state index is 0.241. The Labute approximate surface area is 168 Å². The molecule has 0 aliphatic heterocycles. The maximum absolute atomic E-state index is 13.2. The molecule has 0 fully saturated rings. The summed E-state index contributed by atoms with van der Waals surface area (Å²) in [5.41, 5.74) is 7.04. The van der Waals surface area contributed by atoms with E-state index in [0.717, 1.165) is 27.6 Å². The molecule has 4 rings (SSSR count). The Morgan fingerprint density at radius 2 is 1.76 bits per heavy atom. The van der Waals surface area contributed by atoms with Crippen molar-refractivity contribution in [3.8, 4) is 0 Å². The van der Waals surface area contributed by atoms with Crippen molar-refractivity contribution in [1.29, 1.82) is 0 Å². The lowest BCUT2D eigenvalue weighted by molar-refractivity contribution is 0.0954. The van der Waals surface area contributed by atoms with Crippen LogP contribution in [0.3, 0.4) is 0 Å². The lowest BCUT2D eigenvalue weighted by atomic mass is 10.1. The summed E-state index contributed by atoms with van der Waals surface area (Å²) in [6.45, 7) is 2.51. The van der Waals surface area contributed by atoms with Crippen LogP contribution in [0.4, 0.5) is 4.39 Å². The summed E-state index contributed by atoms with van der Waals surface area (Å²) in [4.78, 5) is 12.3. The first kappa shape index (κ1) is 18.6. The molecule has 0 saturated carbocycles. The van der Waals surface area contributed by atoms with E-state index >= 15 is 0 Å². The van der Waals surface area contributed by atoms with E-state index in [4.69, 9.17) is 0 Å². The van der Waals surface area contributed by atoms with Crippen LogP contribution in [0, 0.1) is 12.7 Å². The topological polar surface area (TPSA) is 46.4 Å². The van der Waals surface area contributed by atoms with Crippen LogP contribution in [0.25, 0.3) is 10.9 Å². The standard InChI is InChI=1S/C24H20FN3O/c1-17-6-2-3-7-21(17)24(29)27-26-14-19-16-28(23-9-5-4-8-22(19)23)15-18-10-12-20(25)13-11-18/h2-14,16H,15H2,1H3,(H,27,29)/b26-14+. The Morgan fingerprint density at radius 3 is 2.55 bits per heavy atom. The smallest absolute Gasteiger partial charge is 0.271 e. The van der Waals surface area contributed by atoms with E-state index in [1.54, 1.807) is 24.4 Å². The number of nitrogens with one attached hydrogen (secondary N) is 1. The van der Waals surface area contributed by atoms with Gasteiger partial charge in [-0.3, -0.25) is 4.79 Å². The normalized spacial score (nSPS) is 11.2. The molecule has 0 aliphatic carbocycles. The number of rotatable bonds is 5. The van der Waals surface area contributed by atoms with Gasteiger partial charge in [-0.15, -0.1) is 0 Å². The summed E-state index contributed by atoms with van der Waals surface area (Å²) in [6.07, 6.45) is 3.64. The fourth-order valence-electron chi connectivity index (χ4n) is 3.34. The number of benzene rings is 3. The van der Waals surface area contributed by atoms with Gasteiger partial charge in [0.15, 0.2) is 0 Å². The maximum atomic E-state index is 13.2. The molecule has 0 radical (unpaired) electrons. The van der Waals surface area contributed by atoms with E-state index in [-0.39, 0.29) is 11.7 Å². The summed E-state index contributed by atoms with van der Waals surface area (Å²) in [5, 5.41) is 5.18. The van der Waals surface area contributed by atoms with Crippen LogP contribution in [0.1, 0.15) is 27.0 Å². The number of aryl methyl sites for hydroxylation is 1. The molecule has 1 amide bonds. The molecular formula is C24H20FN3O. The SMILES string of the molecule is Cc1ccccc1C(=O)N/N=C/c1cn(Cc2ccc(F)cc2)c2ccccc12. The zero-order valence-corrected chi connectivity index (χ0v) is 16.0. The second-order valence-electron chi connectivity index (χ2n) is 6.87. The van der Waals surface area contributed by atoms with Crippen molar-refractivity contribution < 1.29 is 9.18 Å². The van der Waals surface area contributed by atoms with Gasteiger partial charge in [0.05, 0.1) is 6.21 Å². The third kappa shape index (κ3) is 4.09. The zero-order valence-electron chi connectivity index (χ0n) is 16.0. The summed E-state index contributed by atoms with van der Waals surface area (Å²) >= 11 is 0. The highest BCUT2D eigenvalue weighted by Gasteiger charge is 2.09. The largest absolute Gasteiger partial charge is 0.342 e. The van der Waals surface area contributed by atoms with E-state index in [2.05, 4.69) is 15.1 Å². The van der Waals surface area contributed by atoms with Crippen LogP contribution in [-0.2, 0) is 6.54 Å². The van der Waals surface area contributed by atoms with Gasteiger partial charge >= 0.3 is 0 Å². The highest BCUT2D eigenvalue weighted by molar-refractivity contribution is 6.00. The molecule has 4 nitrogen and oxygen atoms in total. The molecule has 3 aromatic carbocycles. The van der Waals surface area contributed by atoms with Crippen molar-refractivity contribution in [2.45, 2.75) is 13.5 Å². The molecule has 0 saturated heterocycles. The van der Waals surface area contributed by atoms with Gasteiger partial charge in [-0.1, -0.05) is 48.5 Å². The predicted molar refractivity (Wildman–Crippen MR) is 114 cm³/mol. The van der Waals surface area contributed by atoms with Crippen LogP contribution >= 0.6 is 0 Å². The first-order valence-corrected chi connectivity index (χ1v) is 9.33. The summed E-state index contributed by atoms with van der Waals surface area (Å²) in [7, 11) is 0. The Bertz CT molecular complexity index is 1190. The van der Waals surface area contributed by atoms with Gasteiger partial charge in [-0.05, 0) is 42.3 Å². The number of hydrogen-bond acceptors (Lipinski definition) is 2. The van der Waals surface area contributed by atoms with Gasteiger partial charge in [-0.25, -0.2) is 9.82 Å². The van der Waals surface area contributed by atoms with Crippen molar-refractivity contribution in [3.63, 3.8) is 0 Å². The Kier molecular flexibility index (Phi) is 5.20. The number of halogens is 1. The average Bonchev–Trinajstić information content (AvgIpc) is 3.08. The van der Waals surface area contributed by atoms with E-state index in [1.165, 1.54) is 12.1 Å². The van der Waals surface area contributed by atoms with Crippen molar-refractivity contribution in [3.05, 3.63) is 107 Å². The molecule has 0 spiro atoms. The number of amides is 1. The fraction of sp³-hybridized carbons (Fsp3) is 0.0833. The van der Waals surface area contributed by atoms with E-state index in [0.29, 0.717) is 12.1 Å². The Balaban J connectivity index is 1.57. The summed E-state index contributed by atoms with van der Waals surface area (Å²) in [5.74, 6) is -0.488. The van der Waals surface area contributed by atoms with Crippen molar-refractivity contribution in [2.24, 2.45) is 5.10 Å². The number of hydrazone groups is 1. The minimum atomic E-state index is -0.247. The number of carbonyl (C=O) groups excluding carboxylic acids is 1. The summed E-state index contributed by atoms with van der Waals surface area (Å²) < 4.78 is 15.3. The van der Waals surface area contributed by atoms with Gasteiger partial charge in [0, 0.05) is 34.8 Å². The quantitative estimate of drug-likeness (QED) is 0.385. The monoisotopic (exact) mass is 385 g/mol. The first-order chi connectivity index (χ1) is 14.1. The molecule has 4 aromatic rings. The number of carbonyl (C=O) groups is 1. The maximum Gasteiger partial charge on any atom is 0.271 e. The third-order valence-electron chi connectivity index (χ3n) is 4.85. The van der Waals surface area contributed by atoms with Crippen LogP contribution in [0.2, 0.25) is 0 Å². The van der Waals surface area contributed by atoms with Crippen molar-refractivity contribution in [2.75, 3.05) is 0 Å². The van der Waals surface area contributed by atoms with Crippen LogP contribution in [-0.4, -0.2) is 16.7 Å². The molecule has 0 unspecified atom stereocenters. The molecule has 0 bridgehead atoms. The fourth-order valence-corrected chi connectivity index (χ4v) is 3.34. The summed E-state index contributed by atoms with van der Waals surface area (Å²) in [6, 6.07) is 21.9. The molecule has 0 aliphatic rings. The molecule has 1 heterocycles. The second kappa shape index (κ2) is 8.10.